The molecule has 138 valence electrons. The lowest BCUT2D eigenvalue weighted by molar-refractivity contribution is 0.0955. The molecule has 1 amide bonds. The molecule has 0 unspecified atom stereocenters. The van der Waals surface area contributed by atoms with Crippen molar-refractivity contribution < 1.29 is 9.53 Å². The van der Waals surface area contributed by atoms with E-state index >= 15 is 0 Å². The van der Waals surface area contributed by atoms with Gasteiger partial charge in [0.2, 0.25) is 0 Å². The predicted octanol–water partition coefficient (Wildman–Crippen LogP) is 3.80. The summed E-state index contributed by atoms with van der Waals surface area (Å²) < 4.78 is 7.39. The van der Waals surface area contributed by atoms with E-state index in [4.69, 9.17) is 4.74 Å². The van der Waals surface area contributed by atoms with Gasteiger partial charge in [-0.25, -0.2) is 10.4 Å². The summed E-state index contributed by atoms with van der Waals surface area (Å²) in [7, 11) is 1.63. The molecular formula is C21H22N4O2. The second kappa shape index (κ2) is 8.31. The van der Waals surface area contributed by atoms with E-state index in [9.17, 15) is 4.79 Å². The molecular weight excluding hydrogens is 340 g/mol. The summed E-state index contributed by atoms with van der Waals surface area (Å²) in [5.74, 6) is 1.44. The first-order valence-electron chi connectivity index (χ1n) is 8.74. The number of benzene rings is 2. The molecule has 0 aliphatic carbocycles. The topological polar surface area (TPSA) is 68.5 Å². The van der Waals surface area contributed by atoms with E-state index in [1.165, 1.54) is 6.21 Å². The van der Waals surface area contributed by atoms with Crippen LogP contribution in [0.4, 0.5) is 0 Å². The molecule has 0 aliphatic rings. The van der Waals surface area contributed by atoms with E-state index in [1.807, 2.05) is 43.3 Å². The number of imidazole rings is 1. The standard InChI is InChI=1S/C21H22N4O2/c1-4-25-15(2)23-18-14-17(11-12-19(18)25)21(26)24-22-13-7-9-16-8-5-6-10-20(16)27-3/h5-14H,4H2,1-3H3,(H,24,26)/b9-7+,22-13+. The summed E-state index contributed by atoms with van der Waals surface area (Å²) in [6, 6.07) is 13.1. The summed E-state index contributed by atoms with van der Waals surface area (Å²) in [6.07, 6.45) is 5.13. The minimum absolute atomic E-state index is 0.275. The van der Waals surface area contributed by atoms with E-state index in [2.05, 4.69) is 27.0 Å². The van der Waals surface area contributed by atoms with Gasteiger partial charge in [-0.2, -0.15) is 5.10 Å². The Morgan fingerprint density at radius 2 is 2.11 bits per heavy atom. The van der Waals surface area contributed by atoms with Crippen LogP contribution in [0.15, 0.2) is 53.6 Å². The molecule has 6 nitrogen and oxygen atoms in total. The number of nitrogens with one attached hydrogen (secondary N) is 1. The van der Waals surface area contributed by atoms with Gasteiger partial charge in [0, 0.05) is 23.9 Å². The van der Waals surface area contributed by atoms with Crippen LogP contribution in [0.5, 0.6) is 5.75 Å². The van der Waals surface area contributed by atoms with Crippen LogP contribution in [-0.2, 0) is 6.54 Å². The summed E-state index contributed by atoms with van der Waals surface area (Å²) in [5.41, 5.74) is 5.82. The molecule has 0 spiro atoms. The largest absolute Gasteiger partial charge is 0.496 e. The van der Waals surface area contributed by atoms with Crippen molar-refractivity contribution in [3.63, 3.8) is 0 Å². The van der Waals surface area contributed by atoms with Crippen LogP contribution in [0.25, 0.3) is 17.1 Å². The Morgan fingerprint density at radius 1 is 1.30 bits per heavy atom. The first kappa shape index (κ1) is 18.4. The molecule has 3 rings (SSSR count). The van der Waals surface area contributed by atoms with Gasteiger partial charge in [-0.15, -0.1) is 0 Å². The molecule has 0 aliphatic heterocycles. The van der Waals surface area contributed by atoms with Crippen molar-refractivity contribution in [3.8, 4) is 5.75 Å². The number of amides is 1. The number of carbonyl (C=O) groups is 1. The summed E-state index contributed by atoms with van der Waals surface area (Å²) in [4.78, 5) is 16.8. The van der Waals surface area contributed by atoms with Gasteiger partial charge in [0.25, 0.3) is 5.91 Å². The Morgan fingerprint density at radius 3 is 2.89 bits per heavy atom. The highest BCUT2D eigenvalue weighted by Gasteiger charge is 2.10. The lowest BCUT2D eigenvalue weighted by Crippen LogP contribution is -2.17. The molecule has 0 saturated carbocycles. The third kappa shape index (κ3) is 4.06. The molecule has 0 radical (unpaired) electrons. The maximum absolute atomic E-state index is 12.3. The van der Waals surface area contributed by atoms with E-state index in [0.29, 0.717) is 5.56 Å². The van der Waals surface area contributed by atoms with Gasteiger partial charge in [-0.1, -0.05) is 18.2 Å². The van der Waals surface area contributed by atoms with Crippen molar-refractivity contribution in [1.82, 2.24) is 15.0 Å². The number of carbonyl (C=O) groups excluding carboxylic acids is 1. The zero-order chi connectivity index (χ0) is 19.2. The molecule has 0 fully saturated rings. The molecule has 3 aromatic rings. The van der Waals surface area contributed by atoms with Gasteiger partial charge in [0.1, 0.15) is 11.6 Å². The Labute approximate surface area is 158 Å². The molecule has 1 heterocycles. The summed E-state index contributed by atoms with van der Waals surface area (Å²) in [5, 5.41) is 3.96. The number of hydrogen-bond acceptors (Lipinski definition) is 4. The molecule has 0 atom stereocenters. The van der Waals surface area contributed by atoms with Crippen LogP contribution in [0.2, 0.25) is 0 Å². The number of hydrazone groups is 1. The predicted molar refractivity (Wildman–Crippen MR) is 108 cm³/mol. The van der Waals surface area contributed by atoms with Crippen molar-refractivity contribution in [1.29, 1.82) is 0 Å². The molecule has 2 aromatic carbocycles. The number of rotatable bonds is 6. The SMILES string of the molecule is CCn1c(C)nc2cc(C(=O)N/N=C/C=C/c3ccccc3OC)ccc21. The number of methoxy groups -OCH3 is 1. The van der Waals surface area contributed by atoms with E-state index in [-0.39, 0.29) is 5.91 Å². The van der Waals surface area contributed by atoms with Gasteiger partial charge >= 0.3 is 0 Å². The number of nitrogens with zero attached hydrogens (tertiary/aromatic N) is 3. The second-order valence-corrected chi connectivity index (χ2v) is 5.93. The van der Waals surface area contributed by atoms with Crippen LogP contribution in [0.1, 0.15) is 28.7 Å². The van der Waals surface area contributed by atoms with Crippen LogP contribution >= 0.6 is 0 Å². The van der Waals surface area contributed by atoms with Crippen molar-refractivity contribution in [2.45, 2.75) is 20.4 Å². The Bertz CT molecular complexity index is 1020. The highest BCUT2D eigenvalue weighted by Crippen LogP contribution is 2.19. The van der Waals surface area contributed by atoms with E-state index in [0.717, 1.165) is 34.7 Å². The molecule has 27 heavy (non-hydrogen) atoms. The number of aromatic nitrogens is 2. The van der Waals surface area contributed by atoms with Crippen LogP contribution in [0, 0.1) is 6.92 Å². The Kier molecular flexibility index (Phi) is 5.66. The fourth-order valence-corrected chi connectivity index (χ4v) is 2.94. The monoisotopic (exact) mass is 362 g/mol. The van der Waals surface area contributed by atoms with E-state index < -0.39 is 0 Å². The summed E-state index contributed by atoms with van der Waals surface area (Å²) in [6.45, 7) is 4.88. The number of aryl methyl sites for hydroxylation is 2. The Balaban J connectivity index is 1.66. The number of hydrogen-bond donors (Lipinski definition) is 1. The average molecular weight is 362 g/mol. The van der Waals surface area contributed by atoms with Crippen LogP contribution in [-0.4, -0.2) is 28.8 Å². The highest BCUT2D eigenvalue weighted by atomic mass is 16.5. The fraction of sp³-hybridized carbons (Fsp3) is 0.190. The Hall–Kier alpha value is -3.41. The van der Waals surface area contributed by atoms with Gasteiger partial charge in [-0.05, 0) is 50.3 Å². The number of fused-ring (bicyclic) bond motifs is 1. The molecule has 6 heteroatoms. The molecule has 0 bridgehead atoms. The lowest BCUT2D eigenvalue weighted by Gasteiger charge is -2.03. The molecule has 1 N–H and O–H groups in total. The van der Waals surface area contributed by atoms with E-state index in [1.54, 1.807) is 25.3 Å². The average Bonchev–Trinajstić information content (AvgIpc) is 3.01. The normalized spacial score (nSPS) is 11.5. The van der Waals surface area contributed by atoms with Crippen molar-refractivity contribution in [3.05, 3.63) is 65.5 Å². The van der Waals surface area contributed by atoms with Crippen LogP contribution in [0.3, 0.4) is 0 Å². The second-order valence-electron chi connectivity index (χ2n) is 5.93. The first-order valence-corrected chi connectivity index (χ1v) is 8.74. The van der Waals surface area contributed by atoms with Crippen molar-refractivity contribution in [2.24, 2.45) is 5.10 Å². The number of allylic oxidation sites excluding steroid dienone is 1. The molecule has 0 saturated heterocycles. The van der Waals surface area contributed by atoms with Gasteiger partial charge in [-0.3, -0.25) is 4.79 Å². The van der Waals surface area contributed by atoms with Crippen molar-refractivity contribution in [2.75, 3.05) is 7.11 Å². The number of para-hydroxylation sites is 1. The minimum Gasteiger partial charge on any atom is -0.496 e. The number of ether oxygens (including phenoxy) is 1. The van der Waals surface area contributed by atoms with Gasteiger partial charge < -0.3 is 9.30 Å². The first-order chi connectivity index (χ1) is 13.1. The van der Waals surface area contributed by atoms with Gasteiger partial charge in [0.05, 0.1) is 18.1 Å². The van der Waals surface area contributed by atoms with Crippen molar-refractivity contribution >= 4 is 29.2 Å². The fourth-order valence-electron chi connectivity index (χ4n) is 2.94. The van der Waals surface area contributed by atoms with Crippen LogP contribution < -0.4 is 10.2 Å². The zero-order valence-corrected chi connectivity index (χ0v) is 15.6. The smallest absolute Gasteiger partial charge is 0.271 e. The summed E-state index contributed by atoms with van der Waals surface area (Å²) >= 11 is 0. The maximum atomic E-state index is 12.3. The highest BCUT2D eigenvalue weighted by molar-refractivity contribution is 5.97. The minimum atomic E-state index is -0.275. The molecule has 1 aromatic heterocycles. The third-order valence-corrected chi connectivity index (χ3v) is 4.26. The lowest BCUT2D eigenvalue weighted by atomic mass is 10.2. The zero-order valence-electron chi connectivity index (χ0n) is 15.6. The maximum Gasteiger partial charge on any atom is 0.271 e. The third-order valence-electron chi connectivity index (χ3n) is 4.26. The quantitative estimate of drug-likeness (QED) is 0.536. The van der Waals surface area contributed by atoms with Gasteiger partial charge in [0.15, 0.2) is 0 Å².